The van der Waals surface area contributed by atoms with Gasteiger partial charge in [-0.25, -0.2) is 4.79 Å². The van der Waals surface area contributed by atoms with Crippen molar-refractivity contribution in [1.29, 1.82) is 0 Å². The fourth-order valence-corrected chi connectivity index (χ4v) is 3.37. The van der Waals surface area contributed by atoms with Crippen LogP contribution in [0.1, 0.15) is 52.0 Å². The van der Waals surface area contributed by atoms with Crippen molar-refractivity contribution in [3.63, 3.8) is 0 Å². The molecule has 5 heteroatoms. The van der Waals surface area contributed by atoms with Crippen LogP contribution in [0, 0.1) is 0 Å². The molecule has 0 spiro atoms. The molecule has 1 amide bonds. The Labute approximate surface area is 145 Å². The molecule has 2 aliphatic rings. The standard InChI is InChI=1S/C19H29N3O2/c1-19(2,3)24-18(23)21-12-8-17(9-13-21)22(16-4-5-16)14-15-6-10-20-11-7-15/h6-7,10-11,16-17H,4-5,8-9,12-14H2,1-3H3. The van der Waals surface area contributed by atoms with Crippen LogP contribution < -0.4 is 0 Å². The lowest BCUT2D eigenvalue weighted by atomic mass is 10.0. The first-order chi connectivity index (χ1) is 11.4. The number of hydrogen-bond donors (Lipinski definition) is 0. The van der Waals surface area contributed by atoms with Crippen molar-refractivity contribution in [2.24, 2.45) is 0 Å². The molecule has 1 aromatic heterocycles. The van der Waals surface area contributed by atoms with Gasteiger partial charge in [0.15, 0.2) is 0 Å². The topological polar surface area (TPSA) is 45.7 Å². The molecular formula is C19H29N3O2. The van der Waals surface area contributed by atoms with Gasteiger partial charge in [-0.2, -0.15) is 0 Å². The average Bonchev–Trinajstić information content (AvgIpc) is 3.37. The van der Waals surface area contributed by atoms with Crippen molar-refractivity contribution >= 4 is 6.09 Å². The maximum absolute atomic E-state index is 12.2. The normalized spacial score (nSPS) is 19.6. The van der Waals surface area contributed by atoms with E-state index >= 15 is 0 Å². The molecule has 0 aromatic carbocycles. The Kier molecular flexibility index (Phi) is 5.09. The van der Waals surface area contributed by atoms with Crippen LogP contribution in [0.2, 0.25) is 0 Å². The van der Waals surface area contributed by atoms with Crippen LogP contribution in [-0.4, -0.2) is 51.7 Å². The number of likely N-dealkylation sites (tertiary alicyclic amines) is 1. The lowest BCUT2D eigenvalue weighted by Crippen LogP contribution is -2.48. The largest absolute Gasteiger partial charge is 0.444 e. The molecule has 2 fully saturated rings. The summed E-state index contributed by atoms with van der Waals surface area (Å²) in [6.07, 6.45) is 8.22. The number of carbonyl (C=O) groups excluding carboxylic acids is 1. The molecule has 1 aliphatic carbocycles. The highest BCUT2D eigenvalue weighted by molar-refractivity contribution is 5.68. The third-order valence-electron chi connectivity index (χ3n) is 4.72. The molecule has 0 atom stereocenters. The quantitative estimate of drug-likeness (QED) is 0.848. The highest BCUT2D eigenvalue weighted by Gasteiger charge is 2.36. The summed E-state index contributed by atoms with van der Waals surface area (Å²) >= 11 is 0. The van der Waals surface area contributed by atoms with E-state index in [4.69, 9.17) is 4.74 Å². The fourth-order valence-electron chi connectivity index (χ4n) is 3.37. The van der Waals surface area contributed by atoms with E-state index in [-0.39, 0.29) is 6.09 Å². The van der Waals surface area contributed by atoms with E-state index in [0.29, 0.717) is 6.04 Å². The van der Waals surface area contributed by atoms with Crippen molar-refractivity contribution in [3.8, 4) is 0 Å². The molecule has 0 N–H and O–H groups in total. The van der Waals surface area contributed by atoms with Gasteiger partial charge in [0.2, 0.25) is 0 Å². The summed E-state index contributed by atoms with van der Waals surface area (Å²) < 4.78 is 5.49. The molecule has 1 aliphatic heterocycles. The van der Waals surface area contributed by atoms with Gasteiger partial charge in [0, 0.05) is 44.1 Å². The summed E-state index contributed by atoms with van der Waals surface area (Å²) in [7, 11) is 0. The maximum atomic E-state index is 12.2. The van der Waals surface area contributed by atoms with Crippen molar-refractivity contribution in [2.45, 2.75) is 70.7 Å². The second-order valence-corrected chi connectivity index (χ2v) is 7.96. The molecule has 0 radical (unpaired) electrons. The summed E-state index contributed by atoms with van der Waals surface area (Å²) in [5.41, 5.74) is 0.904. The van der Waals surface area contributed by atoms with Gasteiger partial charge in [-0.15, -0.1) is 0 Å². The van der Waals surface area contributed by atoms with Gasteiger partial charge in [0.05, 0.1) is 0 Å². The summed E-state index contributed by atoms with van der Waals surface area (Å²) in [4.78, 5) is 20.8. The van der Waals surface area contributed by atoms with E-state index in [1.807, 2.05) is 38.1 Å². The van der Waals surface area contributed by atoms with Gasteiger partial charge in [-0.1, -0.05) is 0 Å². The number of pyridine rings is 1. The maximum Gasteiger partial charge on any atom is 0.410 e. The summed E-state index contributed by atoms with van der Waals surface area (Å²) in [5, 5.41) is 0. The Hall–Kier alpha value is -1.62. The Bertz CT molecular complexity index is 543. The summed E-state index contributed by atoms with van der Waals surface area (Å²) in [6, 6.07) is 5.48. The lowest BCUT2D eigenvalue weighted by Gasteiger charge is -2.39. The molecule has 24 heavy (non-hydrogen) atoms. The molecule has 1 aromatic rings. The minimum atomic E-state index is -0.421. The molecule has 5 nitrogen and oxygen atoms in total. The second kappa shape index (κ2) is 7.09. The highest BCUT2D eigenvalue weighted by atomic mass is 16.6. The fraction of sp³-hybridized carbons (Fsp3) is 0.684. The molecule has 3 rings (SSSR count). The highest BCUT2D eigenvalue weighted by Crippen LogP contribution is 2.33. The van der Waals surface area contributed by atoms with Gasteiger partial charge < -0.3 is 9.64 Å². The van der Waals surface area contributed by atoms with Crippen LogP contribution in [0.5, 0.6) is 0 Å². The van der Waals surface area contributed by atoms with Crippen molar-refractivity contribution in [1.82, 2.24) is 14.8 Å². The predicted molar refractivity (Wildman–Crippen MR) is 93.6 cm³/mol. The molecule has 1 saturated carbocycles. The van der Waals surface area contributed by atoms with E-state index in [1.54, 1.807) is 0 Å². The zero-order chi connectivity index (χ0) is 17.2. The zero-order valence-electron chi connectivity index (χ0n) is 15.1. The first-order valence-corrected chi connectivity index (χ1v) is 9.05. The van der Waals surface area contributed by atoms with Gasteiger partial charge in [-0.3, -0.25) is 9.88 Å². The Balaban J connectivity index is 1.55. The third kappa shape index (κ3) is 4.69. The predicted octanol–water partition coefficient (Wildman–Crippen LogP) is 3.45. The number of rotatable bonds is 4. The SMILES string of the molecule is CC(C)(C)OC(=O)N1CCC(N(Cc2ccncc2)C2CC2)CC1. The van der Waals surface area contributed by atoms with Crippen LogP contribution in [0.3, 0.4) is 0 Å². The first kappa shape index (κ1) is 17.2. The number of ether oxygens (including phenoxy) is 1. The molecule has 0 unspecified atom stereocenters. The van der Waals surface area contributed by atoms with Gasteiger partial charge in [0.1, 0.15) is 5.60 Å². The van der Waals surface area contributed by atoms with Crippen molar-refractivity contribution in [2.75, 3.05) is 13.1 Å². The van der Waals surface area contributed by atoms with Gasteiger partial charge in [-0.05, 0) is 64.2 Å². The number of nitrogens with zero attached hydrogens (tertiary/aromatic N) is 3. The Morgan fingerprint density at radius 2 is 1.75 bits per heavy atom. The molecule has 1 saturated heterocycles. The Morgan fingerprint density at radius 1 is 1.17 bits per heavy atom. The van der Waals surface area contributed by atoms with Crippen LogP contribution in [-0.2, 0) is 11.3 Å². The molecule has 0 bridgehead atoms. The van der Waals surface area contributed by atoms with E-state index < -0.39 is 5.60 Å². The first-order valence-electron chi connectivity index (χ1n) is 9.05. The smallest absolute Gasteiger partial charge is 0.410 e. The minimum absolute atomic E-state index is 0.173. The Morgan fingerprint density at radius 3 is 2.29 bits per heavy atom. The van der Waals surface area contributed by atoms with E-state index in [0.717, 1.165) is 38.5 Å². The summed E-state index contributed by atoms with van der Waals surface area (Å²) in [5.74, 6) is 0. The van der Waals surface area contributed by atoms with E-state index in [9.17, 15) is 4.79 Å². The van der Waals surface area contributed by atoms with Crippen LogP contribution in [0.25, 0.3) is 0 Å². The van der Waals surface area contributed by atoms with Crippen molar-refractivity contribution < 1.29 is 9.53 Å². The zero-order valence-corrected chi connectivity index (χ0v) is 15.1. The summed E-state index contributed by atoms with van der Waals surface area (Å²) in [6.45, 7) is 8.33. The van der Waals surface area contributed by atoms with Crippen LogP contribution >= 0.6 is 0 Å². The minimum Gasteiger partial charge on any atom is -0.444 e. The molecule has 2 heterocycles. The molecular weight excluding hydrogens is 302 g/mol. The second-order valence-electron chi connectivity index (χ2n) is 7.96. The van der Waals surface area contributed by atoms with E-state index in [2.05, 4.69) is 22.0 Å². The van der Waals surface area contributed by atoms with Gasteiger partial charge >= 0.3 is 6.09 Å². The number of amides is 1. The van der Waals surface area contributed by atoms with E-state index in [1.165, 1.54) is 18.4 Å². The molecule has 132 valence electrons. The lowest BCUT2D eigenvalue weighted by molar-refractivity contribution is 0.0131. The van der Waals surface area contributed by atoms with Gasteiger partial charge in [0.25, 0.3) is 0 Å². The number of aromatic nitrogens is 1. The van der Waals surface area contributed by atoms with Crippen LogP contribution in [0.4, 0.5) is 4.79 Å². The monoisotopic (exact) mass is 331 g/mol. The average molecular weight is 331 g/mol. The number of carbonyl (C=O) groups is 1. The third-order valence-corrected chi connectivity index (χ3v) is 4.72. The van der Waals surface area contributed by atoms with Crippen molar-refractivity contribution in [3.05, 3.63) is 30.1 Å². The van der Waals surface area contributed by atoms with Crippen LogP contribution in [0.15, 0.2) is 24.5 Å². The number of piperidine rings is 1. The number of hydrogen-bond acceptors (Lipinski definition) is 4.